The van der Waals surface area contributed by atoms with Crippen molar-refractivity contribution < 1.29 is 10.0 Å². The van der Waals surface area contributed by atoms with Gasteiger partial charge in [0.1, 0.15) is 13.6 Å². The second-order valence-electron chi connectivity index (χ2n) is 4.51. The molecule has 0 atom stereocenters. The number of amides is 1. The fourth-order valence-electron chi connectivity index (χ4n) is 2.20. The number of carbonyl (C=O) groups is 1. The SMILES string of the molecule is Bc1cccc2[nH]cc(C/C(=N\O)C(=O)NCCS)c12. The van der Waals surface area contributed by atoms with E-state index in [1.807, 2.05) is 32.2 Å². The molecular formula is C13H16BN3O2S. The molecule has 7 heteroatoms. The van der Waals surface area contributed by atoms with Crippen LogP contribution in [0.3, 0.4) is 0 Å². The Morgan fingerprint density at radius 2 is 2.30 bits per heavy atom. The average Bonchev–Trinajstić information content (AvgIpc) is 2.86. The van der Waals surface area contributed by atoms with Gasteiger partial charge >= 0.3 is 0 Å². The number of nitrogens with one attached hydrogen (secondary N) is 2. The van der Waals surface area contributed by atoms with Crippen LogP contribution in [0.2, 0.25) is 0 Å². The van der Waals surface area contributed by atoms with Crippen LogP contribution in [0.5, 0.6) is 0 Å². The molecule has 0 fully saturated rings. The monoisotopic (exact) mass is 289 g/mol. The molecule has 1 aromatic carbocycles. The van der Waals surface area contributed by atoms with Crippen molar-refractivity contribution in [3.63, 3.8) is 0 Å². The summed E-state index contributed by atoms with van der Waals surface area (Å²) >= 11 is 4.02. The third kappa shape index (κ3) is 2.99. The quantitative estimate of drug-likeness (QED) is 0.203. The number of fused-ring (bicyclic) bond motifs is 1. The van der Waals surface area contributed by atoms with Gasteiger partial charge in [-0.2, -0.15) is 12.6 Å². The van der Waals surface area contributed by atoms with Crippen molar-refractivity contribution in [1.82, 2.24) is 10.3 Å². The largest absolute Gasteiger partial charge is 0.410 e. The van der Waals surface area contributed by atoms with Crippen LogP contribution >= 0.6 is 12.6 Å². The number of thiol groups is 1. The minimum atomic E-state index is -0.371. The van der Waals surface area contributed by atoms with Gasteiger partial charge in [0.15, 0.2) is 0 Å². The molecule has 1 aromatic heterocycles. The Hall–Kier alpha value is -1.89. The fourth-order valence-corrected chi connectivity index (χ4v) is 2.32. The molecule has 0 unspecified atom stereocenters. The molecule has 104 valence electrons. The Labute approximate surface area is 123 Å². The van der Waals surface area contributed by atoms with Crippen molar-refractivity contribution in [2.45, 2.75) is 6.42 Å². The van der Waals surface area contributed by atoms with E-state index in [4.69, 9.17) is 5.21 Å². The lowest BCUT2D eigenvalue weighted by Crippen LogP contribution is -2.33. The van der Waals surface area contributed by atoms with Crippen molar-refractivity contribution in [2.24, 2.45) is 5.16 Å². The van der Waals surface area contributed by atoms with Crippen LogP contribution in [0.15, 0.2) is 29.6 Å². The Kier molecular flexibility index (Phi) is 4.73. The molecule has 1 amide bonds. The Balaban J connectivity index is 2.25. The lowest BCUT2D eigenvalue weighted by atomic mass is 9.89. The van der Waals surface area contributed by atoms with Crippen molar-refractivity contribution in [3.8, 4) is 0 Å². The van der Waals surface area contributed by atoms with E-state index in [0.29, 0.717) is 12.3 Å². The van der Waals surface area contributed by atoms with Crippen LogP contribution in [0.1, 0.15) is 5.56 Å². The fraction of sp³-hybridized carbons (Fsp3) is 0.231. The average molecular weight is 289 g/mol. The van der Waals surface area contributed by atoms with Crippen LogP contribution in [0.25, 0.3) is 10.9 Å². The zero-order valence-electron chi connectivity index (χ0n) is 11.2. The van der Waals surface area contributed by atoms with E-state index in [1.54, 1.807) is 0 Å². The number of benzene rings is 1. The number of nitrogens with zero attached hydrogens (tertiary/aromatic N) is 1. The summed E-state index contributed by atoms with van der Waals surface area (Å²) in [6.07, 6.45) is 2.12. The van der Waals surface area contributed by atoms with E-state index in [1.165, 1.54) is 0 Å². The van der Waals surface area contributed by atoms with E-state index in [-0.39, 0.29) is 18.0 Å². The van der Waals surface area contributed by atoms with Crippen molar-refractivity contribution >= 4 is 48.5 Å². The number of carbonyl (C=O) groups excluding carboxylic acids is 1. The molecule has 2 rings (SSSR count). The first-order valence-electron chi connectivity index (χ1n) is 6.33. The number of aromatic amines is 1. The normalized spacial score (nSPS) is 11.8. The molecule has 5 nitrogen and oxygen atoms in total. The van der Waals surface area contributed by atoms with Crippen molar-refractivity contribution in [2.75, 3.05) is 12.3 Å². The molecule has 2 aromatic rings. The van der Waals surface area contributed by atoms with Gasteiger partial charge < -0.3 is 15.5 Å². The standard InChI is InChI=1S/C13H16BN3O2S/c14-9-2-1-3-10-12(9)8(7-16-10)6-11(17-19)13(18)15-4-5-20/h1-3,7,16,19-20H,4-6,14H2,(H,15,18)/b17-11+. The maximum Gasteiger partial charge on any atom is 0.269 e. The number of H-pyrrole nitrogens is 1. The van der Waals surface area contributed by atoms with E-state index >= 15 is 0 Å². The first-order valence-corrected chi connectivity index (χ1v) is 6.96. The van der Waals surface area contributed by atoms with Crippen LogP contribution in [0, 0.1) is 0 Å². The molecule has 0 saturated carbocycles. The van der Waals surface area contributed by atoms with Gasteiger partial charge in [0.2, 0.25) is 0 Å². The van der Waals surface area contributed by atoms with Gasteiger partial charge in [0, 0.05) is 30.4 Å². The third-order valence-electron chi connectivity index (χ3n) is 3.13. The molecule has 3 N–H and O–H groups in total. The summed E-state index contributed by atoms with van der Waals surface area (Å²) < 4.78 is 0. The number of hydrogen-bond donors (Lipinski definition) is 4. The second kappa shape index (κ2) is 6.52. The highest BCUT2D eigenvalue weighted by atomic mass is 32.1. The maximum absolute atomic E-state index is 11.8. The third-order valence-corrected chi connectivity index (χ3v) is 3.36. The molecule has 0 aliphatic carbocycles. The number of aromatic nitrogens is 1. The van der Waals surface area contributed by atoms with Gasteiger partial charge in [-0.1, -0.05) is 22.8 Å². The number of oxime groups is 1. The van der Waals surface area contributed by atoms with Crippen molar-refractivity contribution in [3.05, 3.63) is 30.0 Å². The highest BCUT2D eigenvalue weighted by molar-refractivity contribution is 7.80. The second-order valence-corrected chi connectivity index (χ2v) is 4.96. The van der Waals surface area contributed by atoms with Crippen LogP contribution in [-0.2, 0) is 11.2 Å². The Bertz CT molecular complexity index is 654. The summed E-state index contributed by atoms with van der Waals surface area (Å²) in [5.41, 5.74) is 3.16. The molecule has 1 heterocycles. The summed E-state index contributed by atoms with van der Waals surface area (Å²) in [5.74, 6) is 0.167. The Morgan fingerprint density at radius 3 is 3.00 bits per heavy atom. The molecule has 20 heavy (non-hydrogen) atoms. The highest BCUT2D eigenvalue weighted by Gasteiger charge is 2.15. The first-order chi connectivity index (χ1) is 9.67. The lowest BCUT2D eigenvalue weighted by Gasteiger charge is -2.06. The zero-order chi connectivity index (χ0) is 14.5. The van der Waals surface area contributed by atoms with Gasteiger partial charge in [0.25, 0.3) is 5.91 Å². The van der Waals surface area contributed by atoms with Gasteiger partial charge in [-0.15, -0.1) is 0 Å². The van der Waals surface area contributed by atoms with E-state index in [0.717, 1.165) is 21.9 Å². The lowest BCUT2D eigenvalue weighted by molar-refractivity contribution is -0.114. The zero-order valence-corrected chi connectivity index (χ0v) is 12.1. The van der Waals surface area contributed by atoms with E-state index in [9.17, 15) is 4.79 Å². The minimum absolute atomic E-state index is 0.0935. The van der Waals surface area contributed by atoms with Gasteiger partial charge in [0.05, 0.1) is 0 Å². The first kappa shape index (κ1) is 14.5. The van der Waals surface area contributed by atoms with E-state index < -0.39 is 0 Å². The predicted octanol–water partition coefficient (Wildman–Crippen LogP) is -0.155. The van der Waals surface area contributed by atoms with Gasteiger partial charge in [-0.25, -0.2) is 0 Å². The molecule has 0 bridgehead atoms. The maximum atomic E-state index is 11.8. The topological polar surface area (TPSA) is 77.5 Å². The van der Waals surface area contributed by atoms with Crippen LogP contribution in [0.4, 0.5) is 0 Å². The highest BCUT2D eigenvalue weighted by Crippen LogP contribution is 2.16. The van der Waals surface area contributed by atoms with Gasteiger partial charge in [-0.3, -0.25) is 4.79 Å². The molecule has 0 saturated heterocycles. The summed E-state index contributed by atoms with van der Waals surface area (Å²) in [5, 5.41) is 15.9. The van der Waals surface area contributed by atoms with Gasteiger partial charge in [-0.05, 0) is 17.0 Å². The van der Waals surface area contributed by atoms with Crippen molar-refractivity contribution in [1.29, 1.82) is 0 Å². The predicted molar refractivity (Wildman–Crippen MR) is 86.3 cm³/mol. The number of hydrogen-bond acceptors (Lipinski definition) is 4. The Morgan fingerprint density at radius 1 is 1.50 bits per heavy atom. The molecule has 0 aliphatic heterocycles. The van der Waals surface area contributed by atoms with Crippen LogP contribution in [-0.4, -0.2) is 42.0 Å². The number of rotatable bonds is 5. The summed E-state index contributed by atoms with van der Waals surface area (Å²) in [6.45, 7) is 0.438. The molecule has 0 radical (unpaired) electrons. The smallest absolute Gasteiger partial charge is 0.269 e. The molecular weight excluding hydrogens is 273 g/mol. The van der Waals surface area contributed by atoms with Crippen LogP contribution < -0.4 is 10.8 Å². The summed E-state index contributed by atoms with van der Waals surface area (Å²) in [4.78, 5) is 15.0. The summed E-state index contributed by atoms with van der Waals surface area (Å²) in [7, 11) is 2.01. The minimum Gasteiger partial charge on any atom is -0.410 e. The molecule has 0 spiro atoms. The van der Waals surface area contributed by atoms with E-state index in [2.05, 4.69) is 28.1 Å². The summed E-state index contributed by atoms with van der Waals surface area (Å²) in [6, 6.07) is 5.96. The molecule has 0 aliphatic rings.